The molecule has 0 aliphatic carbocycles. The Balaban J connectivity index is 1.44. The number of carboxylic acids is 1. The lowest BCUT2D eigenvalue weighted by Gasteiger charge is -2.39. The molecule has 192 valence electrons. The normalized spacial score (nSPS) is 23.8. The molecule has 0 bridgehead atoms. The number of halogens is 1. The van der Waals surface area contributed by atoms with Crippen LogP contribution in [0.5, 0.6) is 11.6 Å². The molecule has 10 heteroatoms. The molecule has 0 spiro atoms. The van der Waals surface area contributed by atoms with Crippen molar-refractivity contribution in [3.8, 4) is 17.7 Å². The molecule has 2 aliphatic rings. The SMILES string of the molecule is COc1cc(N2CCC(Oc3ccc(N4C[C@H](OC)C[C@@H]4CC(=O)O)cc3)C(CC#N)C2)c(Cl)cn1. The van der Waals surface area contributed by atoms with Crippen LogP contribution in [-0.2, 0) is 9.53 Å². The van der Waals surface area contributed by atoms with E-state index in [1.165, 1.54) is 0 Å². The van der Waals surface area contributed by atoms with E-state index in [1.54, 1.807) is 20.4 Å². The Morgan fingerprint density at radius 3 is 2.72 bits per heavy atom. The minimum atomic E-state index is -0.817. The number of aromatic nitrogens is 1. The Morgan fingerprint density at radius 1 is 1.28 bits per heavy atom. The van der Waals surface area contributed by atoms with Gasteiger partial charge in [0.05, 0.1) is 42.6 Å². The number of nitrogens with zero attached hydrogens (tertiary/aromatic N) is 4. The van der Waals surface area contributed by atoms with E-state index in [0.717, 1.165) is 30.1 Å². The summed E-state index contributed by atoms with van der Waals surface area (Å²) in [6, 6.07) is 11.7. The summed E-state index contributed by atoms with van der Waals surface area (Å²) in [6.45, 7) is 2.01. The zero-order valence-corrected chi connectivity index (χ0v) is 21.2. The quantitative estimate of drug-likeness (QED) is 0.531. The van der Waals surface area contributed by atoms with Gasteiger partial charge in [0.2, 0.25) is 5.88 Å². The summed E-state index contributed by atoms with van der Waals surface area (Å²) in [7, 11) is 3.22. The van der Waals surface area contributed by atoms with Crippen LogP contribution >= 0.6 is 11.6 Å². The van der Waals surface area contributed by atoms with Gasteiger partial charge in [-0.3, -0.25) is 4.79 Å². The first kappa shape index (κ1) is 25.9. The number of benzene rings is 1. The van der Waals surface area contributed by atoms with Crippen LogP contribution in [0.15, 0.2) is 36.5 Å². The number of anilines is 2. The van der Waals surface area contributed by atoms with E-state index in [2.05, 4.69) is 20.9 Å². The lowest BCUT2D eigenvalue weighted by Crippen LogP contribution is -2.45. The summed E-state index contributed by atoms with van der Waals surface area (Å²) in [4.78, 5) is 19.7. The van der Waals surface area contributed by atoms with E-state index in [4.69, 9.17) is 25.8 Å². The topological polar surface area (TPSA) is 108 Å². The number of aliphatic carboxylic acids is 1. The van der Waals surface area contributed by atoms with E-state index in [0.29, 0.717) is 36.8 Å². The fourth-order valence-corrected chi connectivity index (χ4v) is 5.33. The number of nitriles is 1. The second-order valence-corrected chi connectivity index (χ2v) is 9.59. The maximum atomic E-state index is 11.3. The van der Waals surface area contributed by atoms with Gasteiger partial charge in [0.25, 0.3) is 0 Å². The summed E-state index contributed by atoms with van der Waals surface area (Å²) < 4.78 is 17.1. The van der Waals surface area contributed by atoms with Gasteiger partial charge >= 0.3 is 5.97 Å². The van der Waals surface area contributed by atoms with Crippen molar-refractivity contribution in [2.75, 3.05) is 43.7 Å². The Labute approximate surface area is 216 Å². The molecule has 2 aliphatic heterocycles. The molecule has 1 aromatic carbocycles. The number of pyridine rings is 1. The third-order valence-corrected chi connectivity index (χ3v) is 7.24. The minimum absolute atomic E-state index is 0.000330. The fourth-order valence-electron chi connectivity index (χ4n) is 5.11. The van der Waals surface area contributed by atoms with Crippen LogP contribution in [0.25, 0.3) is 0 Å². The molecule has 2 saturated heterocycles. The first-order valence-electron chi connectivity index (χ1n) is 12.0. The highest BCUT2D eigenvalue weighted by Gasteiger charge is 2.34. The number of methoxy groups -OCH3 is 2. The van der Waals surface area contributed by atoms with E-state index in [-0.39, 0.29) is 30.6 Å². The standard InChI is InChI=1S/C26H31ClN4O5/c1-34-21-11-19(12-26(32)33)31(16-21)18-3-5-20(6-4-18)36-24-8-10-30(15-17(24)7-9-28)23-13-25(35-2)29-14-22(23)27/h3-6,13-14,17,19,21,24H,7-8,10-12,15-16H2,1-2H3,(H,32,33)/t17?,19-,21-,24?/m1/s1. The summed E-state index contributed by atoms with van der Waals surface area (Å²) in [5.74, 6) is 0.397. The van der Waals surface area contributed by atoms with E-state index in [9.17, 15) is 15.2 Å². The average Bonchev–Trinajstić information content (AvgIpc) is 3.28. The zero-order valence-electron chi connectivity index (χ0n) is 20.5. The molecule has 0 amide bonds. The summed E-state index contributed by atoms with van der Waals surface area (Å²) in [5, 5.41) is 19.3. The first-order chi connectivity index (χ1) is 17.4. The molecule has 9 nitrogen and oxygen atoms in total. The van der Waals surface area contributed by atoms with Crippen molar-refractivity contribution >= 4 is 28.9 Å². The first-order valence-corrected chi connectivity index (χ1v) is 12.4. The number of ether oxygens (including phenoxy) is 3. The van der Waals surface area contributed by atoms with Crippen LogP contribution in [-0.4, -0.2) is 68.2 Å². The highest BCUT2D eigenvalue weighted by molar-refractivity contribution is 6.33. The van der Waals surface area contributed by atoms with Crippen molar-refractivity contribution in [1.82, 2.24) is 4.98 Å². The monoisotopic (exact) mass is 514 g/mol. The molecule has 3 heterocycles. The van der Waals surface area contributed by atoms with Crippen molar-refractivity contribution in [1.29, 1.82) is 5.26 Å². The number of hydrogen-bond donors (Lipinski definition) is 1. The molecule has 4 atom stereocenters. The highest BCUT2D eigenvalue weighted by atomic mass is 35.5. The third kappa shape index (κ3) is 5.94. The molecule has 0 radical (unpaired) electrons. The molecule has 2 fully saturated rings. The van der Waals surface area contributed by atoms with E-state index in [1.807, 2.05) is 30.3 Å². The fraction of sp³-hybridized carbons (Fsp3) is 0.500. The number of rotatable bonds is 9. The summed E-state index contributed by atoms with van der Waals surface area (Å²) >= 11 is 6.40. The van der Waals surface area contributed by atoms with Crippen molar-refractivity contribution in [3.05, 3.63) is 41.6 Å². The van der Waals surface area contributed by atoms with Gasteiger partial charge in [0, 0.05) is 63.3 Å². The number of carboxylic acid groups (broad SMARTS) is 1. The molecule has 1 aromatic heterocycles. The molecule has 4 rings (SSSR count). The second-order valence-electron chi connectivity index (χ2n) is 9.18. The summed E-state index contributed by atoms with van der Waals surface area (Å²) in [5.41, 5.74) is 1.78. The highest BCUT2D eigenvalue weighted by Crippen LogP contribution is 2.35. The molecule has 2 aromatic rings. The van der Waals surface area contributed by atoms with E-state index >= 15 is 0 Å². The second kappa shape index (κ2) is 11.7. The van der Waals surface area contributed by atoms with Gasteiger partial charge in [-0.05, 0) is 30.7 Å². The summed E-state index contributed by atoms with van der Waals surface area (Å²) in [6.07, 6.45) is 3.33. The predicted molar refractivity (Wildman–Crippen MR) is 136 cm³/mol. The van der Waals surface area contributed by atoms with Crippen molar-refractivity contribution < 1.29 is 24.1 Å². The van der Waals surface area contributed by atoms with Crippen molar-refractivity contribution in [3.63, 3.8) is 0 Å². The zero-order chi connectivity index (χ0) is 25.7. The Bertz CT molecular complexity index is 1090. The smallest absolute Gasteiger partial charge is 0.305 e. The van der Waals surface area contributed by atoms with Crippen LogP contribution in [0, 0.1) is 17.2 Å². The Kier molecular flexibility index (Phi) is 8.39. The number of carbonyl (C=O) groups is 1. The van der Waals surface area contributed by atoms with Crippen LogP contribution < -0.4 is 19.3 Å². The van der Waals surface area contributed by atoms with Gasteiger partial charge in [0.1, 0.15) is 11.9 Å². The van der Waals surface area contributed by atoms with Gasteiger partial charge in [-0.2, -0.15) is 5.26 Å². The lowest BCUT2D eigenvalue weighted by atomic mass is 9.91. The predicted octanol–water partition coefficient (Wildman–Crippen LogP) is 4.00. The van der Waals surface area contributed by atoms with Gasteiger partial charge in [-0.15, -0.1) is 0 Å². The van der Waals surface area contributed by atoms with E-state index < -0.39 is 5.97 Å². The molecule has 36 heavy (non-hydrogen) atoms. The van der Waals surface area contributed by atoms with Gasteiger partial charge in [-0.1, -0.05) is 11.6 Å². The molecular weight excluding hydrogens is 484 g/mol. The Hall–Kier alpha value is -3.22. The van der Waals surface area contributed by atoms with Gasteiger partial charge in [0.15, 0.2) is 0 Å². The van der Waals surface area contributed by atoms with Crippen molar-refractivity contribution in [2.24, 2.45) is 5.92 Å². The molecule has 1 N–H and O–H groups in total. The molecular formula is C26H31ClN4O5. The maximum absolute atomic E-state index is 11.3. The van der Waals surface area contributed by atoms with Crippen LogP contribution in [0.3, 0.4) is 0 Å². The Morgan fingerprint density at radius 2 is 2.06 bits per heavy atom. The average molecular weight is 515 g/mol. The van der Waals surface area contributed by atoms with Crippen LogP contribution in [0.4, 0.5) is 11.4 Å². The van der Waals surface area contributed by atoms with Crippen molar-refractivity contribution in [2.45, 2.75) is 43.9 Å². The number of piperidine rings is 1. The van der Waals surface area contributed by atoms with Crippen LogP contribution in [0.1, 0.15) is 25.7 Å². The molecule has 0 saturated carbocycles. The third-order valence-electron chi connectivity index (χ3n) is 6.95. The van der Waals surface area contributed by atoms with Crippen LogP contribution in [0.2, 0.25) is 5.02 Å². The minimum Gasteiger partial charge on any atom is -0.490 e. The lowest BCUT2D eigenvalue weighted by molar-refractivity contribution is -0.137. The maximum Gasteiger partial charge on any atom is 0.305 e. The number of hydrogen-bond acceptors (Lipinski definition) is 8. The van der Waals surface area contributed by atoms with Gasteiger partial charge in [-0.25, -0.2) is 4.98 Å². The largest absolute Gasteiger partial charge is 0.490 e. The molecule has 2 unspecified atom stereocenters. The van der Waals surface area contributed by atoms with Gasteiger partial charge < -0.3 is 29.1 Å².